The molecule has 0 saturated carbocycles. The smallest absolute Gasteiger partial charge is 0.243 e. The molecule has 2 aromatic carbocycles. The first-order valence-electron chi connectivity index (χ1n) is 11.3. The Morgan fingerprint density at radius 3 is 2.64 bits per heavy atom. The fourth-order valence-corrected chi connectivity index (χ4v) is 6.23. The van der Waals surface area contributed by atoms with Crippen molar-refractivity contribution in [3.63, 3.8) is 0 Å². The summed E-state index contributed by atoms with van der Waals surface area (Å²) in [4.78, 5) is 13.3. The summed E-state index contributed by atoms with van der Waals surface area (Å²) >= 11 is 0. The van der Waals surface area contributed by atoms with E-state index in [1.54, 1.807) is 24.3 Å². The third kappa shape index (κ3) is 4.40. The summed E-state index contributed by atoms with van der Waals surface area (Å²) in [5, 5.41) is 14.1. The van der Waals surface area contributed by atoms with Gasteiger partial charge in [-0.2, -0.15) is 4.31 Å². The summed E-state index contributed by atoms with van der Waals surface area (Å²) < 4.78 is 29.4. The molecule has 1 aliphatic carbocycles. The van der Waals surface area contributed by atoms with Crippen LogP contribution in [0.2, 0.25) is 0 Å². The molecule has 5 rings (SSSR count). The number of carbonyl (C=O) groups excluding carboxylic acids is 1. The largest absolute Gasteiger partial charge is 0.326 e. The number of aryl methyl sites for hydroxylation is 1. The summed E-state index contributed by atoms with van der Waals surface area (Å²) in [5.41, 5.74) is 4.06. The van der Waals surface area contributed by atoms with E-state index in [-0.39, 0.29) is 23.3 Å². The zero-order chi connectivity index (χ0) is 22.8. The van der Waals surface area contributed by atoms with Crippen molar-refractivity contribution in [1.82, 2.24) is 24.5 Å². The third-order valence-electron chi connectivity index (χ3n) is 6.50. The fraction of sp³-hybridized carbons (Fsp3) is 0.391. The van der Waals surface area contributed by atoms with Crippen LogP contribution in [0.4, 0.5) is 5.69 Å². The molecule has 0 radical (unpaired) electrons. The lowest BCUT2D eigenvalue weighted by Gasteiger charge is -2.31. The van der Waals surface area contributed by atoms with Crippen molar-refractivity contribution in [3.8, 4) is 5.69 Å². The van der Waals surface area contributed by atoms with E-state index in [1.807, 2.05) is 12.1 Å². The minimum Gasteiger partial charge on any atom is -0.326 e. The van der Waals surface area contributed by atoms with Gasteiger partial charge in [0.05, 0.1) is 16.5 Å². The summed E-state index contributed by atoms with van der Waals surface area (Å²) in [7, 11) is -3.71. The van der Waals surface area contributed by atoms with Crippen LogP contribution in [0, 0.1) is 5.92 Å². The molecule has 33 heavy (non-hydrogen) atoms. The van der Waals surface area contributed by atoms with E-state index in [1.165, 1.54) is 32.9 Å². The molecule has 1 atom stereocenters. The molecule has 0 bridgehead atoms. The van der Waals surface area contributed by atoms with Gasteiger partial charge in [-0.1, -0.05) is 12.1 Å². The third-order valence-corrected chi connectivity index (χ3v) is 8.38. The van der Waals surface area contributed by atoms with E-state index < -0.39 is 10.0 Å². The molecule has 1 N–H and O–H groups in total. The van der Waals surface area contributed by atoms with Crippen molar-refractivity contribution in [2.45, 2.75) is 43.4 Å². The van der Waals surface area contributed by atoms with Gasteiger partial charge in [0.25, 0.3) is 0 Å². The standard InChI is InChI=1S/C23H26N6O3S/c30-23(25-22-9-3-6-17-5-1-2-8-21(17)22)18-7-4-14-28(15-18)33(31,32)20-12-10-19(11-13-20)29-16-24-26-27-29/h3,6,9-13,16,18H,1-2,4-5,7-8,14-15H2,(H,25,30)/t18-/m0/s1. The second kappa shape index (κ2) is 9.03. The lowest BCUT2D eigenvalue weighted by Crippen LogP contribution is -2.43. The van der Waals surface area contributed by atoms with Gasteiger partial charge in [-0.15, -0.1) is 5.10 Å². The van der Waals surface area contributed by atoms with Gasteiger partial charge in [0.15, 0.2) is 0 Å². The Labute approximate surface area is 192 Å². The highest BCUT2D eigenvalue weighted by molar-refractivity contribution is 7.89. The van der Waals surface area contributed by atoms with Crippen LogP contribution in [-0.2, 0) is 27.7 Å². The highest BCUT2D eigenvalue weighted by atomic mass is 32.2. The first-order chi connectivity index (χ1) is 16.0. The van der Waals surface area contributed by atoms with Crippen LogP contribution in [0.1, 0.15) is 36.8 Å². The van der Waals surface area contributed by atoms with Gasteiger partial charge in [-0.3, -0.25) is 4.79 Å². The molecule has 9 nitrogen and oxygen atoms in total. The summed E-state index contributed by atoms with van der Waals surface area (Å²) in [6.07, 6.45) is 7.08. The Hall–Kier alpha value is -3.11. The Balaban J connectivity index is 1.29. The molecule has 1 aliphatic heterocycles. The van der Waals surface area contributed by atoms with Crippen LogP contribution in [0.25, 0.3) is 5.69 Å². The molecule has 2 aliphatic rings. The Bertz CT molecular complexity index is 1240. The highest BCUT2D eigenvalue weighted by Crippen LogP contribution is 2.30. The summed E-state index contributed by atoms with van der Waals surface area (Å²) in [6, 6.07) is 12.5. The predicted octanol–water partition coefficient (Wildman–Crippen LogP) is 2.58. The van der Waals surface area contributed by atoms with Crippen LogP contribution < -0.4 is 5.32 Å². The molecule has 2 heterocycles. The minimum absolute atomic E-state index is 0.108. The average Bonchev–Trinajstić information content (AvgIpc) is 3.40. The van der Waals surface area contributed by atoms with Gasteiger partial charge < -0.3 is 5.32 Å². The zero-order valence-corrected chi connectivity index (χ0v) is 19.0. The number of tetrazole rings is 1. The molecule has 172 valence electrons. The van der Waals surface area contributed by atoms with E-state index in [9.17, 15) is 13.2 Å². The number of carbonyl (C=O) groups is 1. The van der Waals surface area contributed by atoms with Gasteiger partial charge in [0, 0.05) is 18.8 Å². The van der Waals surface area contributed by atoms with E-state index in [4.69, 9.17) is 0 Å². The number of fused-ring (bicyclic) bond motifs is 1. The van der Waals surface area contributed by atoms with Gasteiger partial charge in [0.1, 0.15) is 6.33 Å². The second-order valence-electron chi connectivity index (χ2n) is 8.59. The number of nitrogens with zero attached hydrogens (tertiary/aromatic N) is 5. The number of piperidine rings is 1. The van der Waals surface area contributed by atoms with Gasteiger partial charge in [0.2, 0.25) is 15.9 Å². The molecule has 0 spiro atoms. The van der Waals surface area contributed by atoms with Gasteiger partial charge in [-0.25, -0.2) is 13.1 Å². The number of hydrogen-bond acceptors (Lipinski definition) is 6. The van der Waals surface area contributed by atoms with Crippen molar-refractivity contribution in [1.29, 1.82) is 0 Å². The van der Waals surface area contributed by atoms with Crippen molar-refractivity contribution < 1.29 is 13.2 Å². The second-order valence-corrected chi connectivity index (χ2v) is 10.5. The van der Waals surface area contributed by atoms with Gasteiger partial charge in [-0.05, 0) is 90.4 Å². The zero-order valence-electron chi connectivity index (χ0n) is 18.2. The van der Waals surface area contributed by atoms with Crippen molar-refractivity contribution in [3.05, 3.63) is 59.9 Å². The maximum Gasteiger partial charge on any atom is 0.243 e. The normalized spacial score (nSPS) is 19.1. The van der Waals surface area contributed by atoms with Crippen molar-refractivity contribution >= 4 is 21.6 Å². The maximum atomic E-state index is 13.3. The number of rotatable bonds is 5. The first-order valence-corrected chi connectivity index (χ1v) is 12.7. The lowest BCUT2D eigenvalue weighted by atomic mass is 9.90. The van der Waals surface area contributed by atoms with Crippen LogP contribution in [0.15, 0.2) is 53.7 Å². The molecule has 1 saturated heterocycles. The molecule has 1 aromatic heterocycles. The van der Waals surface area contributed by atoms with E-state index in [0.29, 0.717) is 25.1 Å². The Morgan fingerprint density at radius 1 is 1.03 bits per heavy atom. The number of hydrogen-bond donors (Lipinski definition) is 1. The topological polar surface area (TPSA) is 110 Å². The molecular weight excluding hydrogens is 440 g/mol. The van der Waals surface area contributed by atoms with E-state index in [0.717, 1.165) is 24.9 Å². The average molecular weight is 467 g/mol. The van der Waals surface area contributed by atoms with Crippen LogP contribution in [0.3, 0.4) is 0 Å². The highest BCUT2D eigenvalue weighted by Gasteiger charge is 2.33. The molecule has 0 unspecified atom stereocenters. The van der Waals surface area contributed by atoms with Gasteiger partial charge >= 0.3 is 0 Å². The molecule has 3 aromatic rings. The Kier molecular flexibility index (Phi) is 5.94. The van der Waals surface area contributed by atoms with Crippen molar-refractivity contribution in [2.24, 2.45) is 5.92 Å². The van der Waals surface area contributed by atoms with E-state index >= 15 is 0 Å². The molecule has 1 fully saturated rings. The Morgan fingerprint density at radius 2 is 1.85 bits per heavy atom. The fourth-order valence-electron chi connectivity index (χ4n) is 4.71. The predicted molar refractivity (Wildman–Crippen MR) is 122 cm³/mol. The molecule has 10 heteroatoms. The number of anilines is 1. The first kappa shape index (κ1) is 21.7. The summed E-state index contributed by atoms with van der Waals surface area (Å²) in [6.45, 7) is 0.583. The number of sulfonamides is 1. The number of nitrogens with one attached hydrogen (secondary N) is 1. The van der Waals surface area contributed by atoms with Crippen LogP contribution >= 0.6 is 0 Å². The number of amides is 1. The number of aromatic nitrogens is 4. The SMILES string of the molecule is O=C(Nc1cccc2c1CCCC2)[C@H]1CCCN(S(=O)(=O)c2ccc(-n3cnnn3)cc2)C1. The van der Waals surface area contributed by atoms with Crippen LogP contribution in [0.5, 0.6) is 0 Å². The summed E-state index contributed by atoms with van der Waals surface area (Å²) in [5.74, 6) is -0.489. The van der Waals surface area contributed by atoms with Crippen LogP contribution in [-0.4, -0.2) is 51.9 Å². The quantitative estimate of drug-likeness (QED) is 0.619. The minimum atomic E-state index is -3.71. The maximum absolute atomic E-state index is 13.3. The monoisotopic (exact) mass is 466 g/mol. The van der Waals surface area contributed by atoms with Crippen molar-refractivity contribution in [2.75, 3.05) is 18.4 Å². The molecule has 1 amide bonds. The van der Waals surface area contributed by atoms with E-state index in [2.05, 4.69) is 26.9 Å². The number of benzene rings is 2. The molecular formula is C23H26N6O3S. The lowest BCUT2D eigenvalue weighted by molar-refractivity contribution is -0.120.